The lowest BCUT2D eigenvalue weighted by Crippen LogP contribution is -1.96. The molecule has 0 fully saturated rings. The van der Waals surface area contributed by atoms with Gasteiger partial charge in [0.2, 0.25) is 0 Å². The van der Waals surface area contributed by atoms with Crippen molar-refractivity contribution in [2.75, 3.05) is 0 Å². The second-order valence-corrected chi connectivity index (χ2v) is 14.6. The quantitative estimate of drug-likeness (QED) is 0.174. The molecule has 3 nitrogen and oxygen atoms in total. The van der Waals surface area contributed by atoms with E-state index in [0.717, 1.165) is 11.4 Å². The van der Waals surface area contributed by atoms with Gasteiger partial charge in [-0.3, -0.25) is 0 Å². The Morgan fingerprint density at radius 3 is 1.47 bits per heavy atom. The molecule has 0 atom stereocenters. The van der Waals surface area contributed by atoms with Crippen molar-refractivity contribution in [1.82, 2.24) is 13.7 Å². The summed E-state index contributed by atoms with van der Waals surface area (Å²) in [5.41, 5.74) is 13.1. The fourth-order valence-corrected chi connectivity index (χ4v) is 9.21. The molecule has 12 aromatic rings. The fourth-order valence-electron chi connectivity index (χ4n) is 9.21. The van der Waals surface area contributed by atoms with Crippen molar-refractivity contribution >= 4 is 76.2 Å². The maximum Gasteiger partial charge on any atom is 0.0547 e. The normalized spacial score (nSPS) is 12.0. The molecule has 0 spiro atoms. The van der Waals surface area contributed by atoms with Crippen molar-refractivity contribution in [3.63, 3.8) is 0 Å². The first kappa shape index (κ1) is 30.1. The first-order valence-electron chi connectivity index (χ1n) is 18.9. The third-order valence-corrected chi connectivity index (χ3v) is 11.6. The lowest BCUT2D eigenvalue weighted by molar-refractivity contribution is 1.17. The number of hydrogen-bond acceptors (Lipinski definition) is 0. The minimum absolute atomic E-state index is 1.15. The molecule has 0 aliphatic heterocycles. The van der Waals surface area contributed by atoms with Crippen molar-refractivity contribution < 1.29 is 0 Å². The van der Waals surface area contributed by atoms with Gasteiger partial charge in [0.1, 0.15) is 0 Å². The molecule has 0 amide bonds. The average molecular weight is 700 g/mol. The van der Waals surface area contributed by atoms with E-state index >= 15 is 0 Å². The maximum atomic E-state index is 2.46. The van der Waals surface area contributed by atoms with Crippen molar-refractivity contribution in [3.05, 3.63) is 200 Å². The lowest BCUT2D eigenvalue weighted by atomic mass is 10.0. The fraction of sp³-hybridized carbons (Fsp3) is 0. The molecule has 55 heavy (non-hydrogen) atoms. The summed E-state index contributed by atoms with van der Waals surface area (Å²) in [4.78, 5) is 0. The van der Waals surface area contributed by atoms with E-state index < -0.39 is 0 Å². The molecular weight excluding hydrogens is 667 g/mol. The van der Waals surface area contributed by atoms with Gasteiger partial charge >= 0.3 is 0 Å². The molecule has 0 radical (unpaired) electrons. The molecule has 256 valence electrons. The highest BCUT2D eigenvalue weighted by molar-refractivity contribution is 6.22. The summed E-state index contributed by atoms with van der Waals surface area (Å²) in [5, 5.41) is 10.1. The molecular formula is C52H33N3. The van der Waals surface area contributed by atoms with E-state index in [2.05, 4.69) is 214 Å². The lowest BCUT2D eigenvalue weighted by Gasteiger charge is -2.11. The number of para-hydroxylation sites is 4. The van der Waals surface area contributed by atoms with Crippen molar-refractivity contribution in [2.45, 2.75) is 0 Å². The second kappa shape index (κ2) is 11.6. The van der Waals surface area contributed by atoms with Crippen LogP contribution in [0.3, 0.4) is 0 Å². The molecule has 0 aliphatic carbocycles. The van der Waals surface area contributed by atoms with E-state index in [1.165, 1.54) is 93.0 Å². The van der Waals surface area contributed by atoms with Crippen LogP contribution in [0.5, 0.6) is 0 Å². The maximum absolute atomic E-state index is 2.46. The van der Waals surface area contributed by atoms with Gasteiger partial charge < -0.3 is 13.7 Å². The predicted octanol–water partition coefficient (Wildman–Crippen LogP) is 13.8. The molecule has 9 aromatic carbocycles. The number of aromatic nitrogens is 3. The van der Waals surface area contributed by atoms with Crippen LogP contribution in [0.25, 0.3) is 104 Å². The highest BCUT2D eigenvalue weighted by Gasteiger charge is 2.19. The van der Waals surface area contributed by atoms with Gasteiger partial charge in [-0.05, 0) is 101 Å². The Bertz CT molecular complexity index is 3470. The zero-order valence-electron chi connectivity index (χ0n) is 29.9. The minimum Gasteiger partial charge on any atom is -0.309 e. The molecule has 0 saturated carbocycles. The Morgan fingerprint density at radius 1 is 0.236 bits per heavy atom. The predicted molar refractivity (Wildman–Crippen MR) is 232 cm³/mol. The molecule has 0 saturated heterocycles. The SMILES string of the molecule is c1ccc(-n2c3ccccc3c3cc(-c4ccc5c6ccccc6n(-c6ccc7c(c6)c6c8ccccc8ccc6n7-c6ccccc6)c5c4)ccc32)cc1. The van der Waals surface area contributed by atoms with Gasteiger partial charge in [0.05, 0.1) is 33.1 Å². The molecule has 0 N–H and O–H groups in total. The van der Waals surface area contributed by atoms with E-state index in [-0.39, 0.29) is 0 Å². The molecule has 0 bridgehead atoms. The van der Waals surface area contributed by atoms with E-state index in [0.29, 0.717) is 0 Å². The molecule has 3 heterocycles. The number of benzene rings is 9. The minimum atomic E-state index is 1.15. The third kappa shape index (κ3) is 4.38. The average Bonchev–Trinajstić information content (AvgIpc) is 3.89. The van der Waals surface area contributed by atoms with Crippen molar-refractivity contribution in [3.8, 4) is 28.2 Å². The van der Waals surface area contributed by atoms with Gasteiger partial charge in [-0.25, -0.2) is 0 Å². The Kier molecular flexibility index (Phi) is 6.34. The van der Waals surface area contributed by atoms with Crippen LogP contribution >= 0.6 is 0 Å². The summed E-state index contributed by atoms with van der Waals surface area (Å²) < 4.78 is 7.25. The summed E-state index contributed by atoms with van der Waals surface area (Å²) in [6.45, 7) is 0. The number of nitrogens with zero attached hydrogens (tertiary/aromatic N) is 3. The highest BCUT2D eigenvalue weighted by atomic mass is 15.0. The van der Waals surface area contributed by atoms with Gasteiger partial charge in [0.25, 0.3) is 0 Å². The van der Waals surface area contributed by atoms with Crippen LogP contribution < -0.4 is 0 Å². The number of fused-ring (bicyclic) bond motifs is 11. The highest BCUT2D eigenvalue weighted by Crippen LogP contribution is 2.41. The Balaban J connectivity index is 1.10. The van der Waals surface area contributed by atoms with Gasteiger partial charge in [-0.15, -0.1) is 0 Å². The Labute approximate surface area is 317 Å². The topological polar surface area (TPSA) is 14.8 Å². The number of hydrogen-bond donors (Lipinski definition) is 0. The zero-order chi connectivity index (χ0) is 36.0. The second-order valence-electron chi connectivity index (χ2n) is 14.6. The summed E-state index contributed by atoms with van der Waals surface area (Å²) in [6.07, 6.45) is 0. The summed E-state index contributed by atoms with van der Waals surface area (Å²) >= 11 is 0. The largest absolute Gasteiger partial charge is 0.309 e. The van der Waals surface area contributed by atoms with Crippen LogP contribution in [0.4, 0.5) is 0 Å². The first-order valence-corrected chi connectivity index (χ1v) is 18.9. The van der Waals surface area contributed by atoms with E-state index in [9.17, 15) is 0 Å². The summed E-state index contributed by atoms with van der Waals surface area (Å²) in [6, 6.07) is 73.2. The van der Waals surface area contributed by atoms with Crippen LogP contribution in [-0.4, -0.2) is 13.7 Å². The monoisotopic (exact) mass is 699 g/mol. The van der Waals surface area contributed by atoms with Crippen LogP contribution in [0.1, 0.15) is 0 Å². The molecule has 0 unspecified atom stereocenters. The van der Waals surface area contributed by atoms with Gasteiger partial charge in [-0.2, -0.15) is 0 Å². The molecule has 3 heteroatoms. The van der Waals surface area contributed by atoms with Crippen molar-refractivity contribution in [2.24, 2.45) is 0 Å². The van der Waals surface area contributed by atoms with Gasteiger partial charge in [0, 0.05) is 49.4 Å². The third-order valence-electron chi connectivity index (χ3n) is 11.6. The van der Waals surface area contributed by atoms with E-state index in [1.807, 2.05) is 0 Å². The first-order chi connectivity index (χ1) is 27.3. The zero-order valence-corrected chi connectivity index (χ0v) is 29.9. The van der Waals surface area contributed by atoms with Crippen LogP contribution in [0.2, 0.25) is 0 Å². The van der Waals surface area contributed by atoms with Crippen LogP contribution in [-0.2, 0) is 0 Å². The molecule has 12 rings (SSSR count). The Morgan fingerprint density at radius 2 is 0.727 bits per heavy atom. The molecule has 3 aromatic heterocycles. The standard InChI is InChI=1S/C52H33N3/c1-3-14-37(15-4-1)53-47-22-12-10-20-42(47)44-31-35(25-28-48(44)53)36-23-27-43-41-19-9-11-21-46(41)55(51(43)32-36)39-26-30-49-45(33-39)52-40-18-8-7-13-34(40)24-29-50(52)54(49)38-16-5-2-6-17-38/h1-33H. The van der Waals surface area contributed by atoms with Crippen LogP contribution in [0.15, 0.2) is 200 Å². The summed E-state index contributed by atoms with van der Waals surface area (Å²) in [7, 11) is 0. The van der Waals surface area contributed by atoms with Crippen LogP contribution in [0, 0.1) is 0 Å². The number of rotatable bonds is 4. The van der Waals surface area contributed by atoms with Gasteiger partial charge in [-0.1, -0.05) is 121 Å². The molecule has 0 aliphatic rings. The van der Waals surface area contributed by atoms with Gasteiger partial charge in [0.15, 0.2) is 0 Å². The van der Waals surface area contributed by atoms with Crippen molar-refractivity contribution in [1.29, 1.82) is 0 Å². The smallest absolute Gasteiger partial charge is 0.0547 e. The van der Waals surface area contributed by atoms with E-state index in [1.54, 1.807) is 0 Å². The van der Waals surface area contributed by atoms with E-state index in [4.69, 9.17) is 0 Å². The summed E-state index contributed by atoms with van der Waals surface area (Å²) in [5.74, 6) is 0. The Hall–Kier alpha value is -7.36.